The molecule has 0 spiro atoms. The van der Waals surface area contributed by atoms with Crippen LogP contribution in [0.3, 0.4) is 0 Å². The van der Waals surface area contributed by atoms with Crippen molar-refractivity contribution in [2.24, 2.45) is 5.10 Å². The number of nitrogens with zero attached hydrogens (tertiary/aromatic N) is 2. The quantitative estimate of drug-likeness (QED) is 0.429. The molecule has 0 aliphatic carbocycles. The van der Waals surface area contributed by atoms with Gasteiger partial charge in [-0.1, -0.05) is 41.9 Å². The number of para-hydroxylation sites is 1. The minimum absolute atomic E-state index is 0.00284. The summed E-state index contributed by atoms with van der Waals surface area (Å²) in [5.41, 5.74) is 1.72. The zero-order chi connectivity index (χ0) is 18.0. The Morgan fingerprint density at radius 1 is 1.24 bits per heavy atom. The van der Waals surface area contributed by atoms with Gasteiger partial charge in [0.15, 0.2) is 0 Å². The van der Waals surface area contributed by atoms with Crippen LogP contribution < -0.4 is 10.5 Å². The molecule has 25 heavy (non-hydrogen) atoms. The van der Waals surface area contributed by atoms with E-state index in [0.29, 0.717) is 9.90 Å². The smallest absolute Gasteiger partial charge is 0.283 e. The molecule has 0 saturated heterocycles. The first kappa shape index (κ1) is 16.9. The van der Waals surface area contributed by atoms with Crippen LogP contribution in [0.2, 0.25) is 5.02 Å². The Balaban J connectivity index is 1.80. The number of hydrogen-bond donors (Lipinski definition) is 1. The Labute approximate surface area is 150 Å². The predicted octanol–water partition coefficient (Wildman–Crippen LogP) is 3.30. The van der Waals surface area contributed by atoms with E-state index in [1.807, 2.05) is 18.2 Å². The normalized spacial score (nSPS) is 11.1. The minimum Gasteiger partial charge on any atom is -0.867 e. The van der Waals surface area contributed by atoms with Crippen LogP contribution in [-0.2, 0) is 0 Å². The molecule has 9 heteroatoms. The molecule has 0 radical (unpaired) electrons. The summed E-state index contributed by atoms with van der Waals surface area (Å²) in [5, 5.41) is 27.4. The second-order valence-corrected chi connectivity index (χ2v) is 6.32. The van der Waals surface area contributed by atoms with E-state index >= 15 is 0 Å². The first-order valence-electron chi connectivity index (χ1n) is 6.94. The van der Waals surface area contributed by atoms with Gasteiger partial charge in [-0.3, -0.25) is 14.9 Å². The van der Waals surface area contributed by atoms with E-state index in [9.17, 15) is 20.0 Å². The van der Waals surface area contributed by atoms with E-state index in [-0.39, 0.29) is 5.56 Å². The Hall–Kier alpha value is -2.97. The van der Waals surface area contributed by atoms with Gasteiger partial charge in [-0.2, -0.15) is 5.10 Å². The highest BCUT2D eigenvalue weighted by Gasteiger charge is 2.16. The van der Waals surface area contributed by atoms with Crippen LogP contribution in [0.5, 0.6) is 5.75 Å². The van der Waals surface area contributed by atoms with E-state index in [1.165, 1.54) is 23.5 Å². The van der Waals surface area contributed by atoms with Crippen molar-refractivity contribution in [3.05, 3.63) is 68.0 Å². The average Bonchev–Trinajstić information content (AvgIpc) is 2.93. The molecule has 2 aromatic carbocycles. The van der Waals surface area contributed by atoms with Gasteiger partial charge in [0, 0.05) is 16.2 Å². The number of rotatable bonds is 4. The maximum atomic E-state index is 12.2. The zero-order valence-electron chi connectivity index (χ0n) is 12.4. The number of carbonyl (C=O) groups is 1. The molecule has 0 bridgehead atoms. The molecule has 0 saturated carbocycles. The van der Waals surface area contributed by atoms with Crippen molar-refractivity contribution in [2.75, 3.05) is 0 Å². The standard InChI is InChI=1S/C16H10ClN3O4S/c17-13-10-5-1-2-7-12(10)25-15(13)16(22)19-18-8-9-4-3-6-11(14(9)21)20(23)24/h1-8,21H,(H,19,22)/p-1/b18-8-. The second-order valence-electron chi connectivity index (χ2n) is 4.89. The highest BCUT2D eigenvalue weighted by atomic mass is 35.5. The lowest BCUT2D eigenvalue weighted by Crippen LogP contribution is -2.16. The number of nitro benzene ring substituents is 1. The molecule has 0 aliphatic heterocycles. The Bertz CT molecular complexity index is 1020. The largest absolute Gasteiger partial charge is 0.867 e. The summed E-state index contributed by atoms with van der Waals surface area (Å²) in [7, 11) is 0. The number of carbonyl (C=O) groups excluding carboxylic acids is 1. The fourth-order valence-corrected chi connectivity index (χ4v) is 3.57. The predicted molar refractivity (Wildman–Crippen MR) is 94.4 cm³/mol. The molecular formula is C16H9ClN3O4S-. The molecule has 1 N–H and O–H groups in total. The lowest BCUT2D eigenvalue weighted by molar-refractivity contribution is -0.398. The third-order valence-electron chi connectivity index (χ3n) is 3.33. The van der Waals surface area contributed by atoms with Gasteiger partial charge < -0.3 is 5.11 Å². The summed E-state index contributed by atoms with van der Waals surface area (Å²) in [6.07, 6.45) is 1.06. The summed E-state index contributed by atoms with van der Waals surface area (Å²) in [4.78, 5) is 22.5. The molecule has 1 aromatic heterocycles. The van der Waals surface area contributed by atoms with Gasteiger partial charge in [0.1, 0.15) is 4.88 Å². The summed E-state index contributed by atoms with van der Waals surface area (Å²) >= 11 is 7.42. The topological polar surface area (TPSA) is 108 Å². The highest BCUT2D eigenvalue weighted by Crippen LogP contribution is 2.35. The van der Waals surface area contributed by atoms with Gasteiger partial charge in [0.2, 0.25) is 0 Å². The number of amides is 1. The summed E-state index contributed by atoms with van der Waals surface area (Å²) in [6, 6.07) is 11.2. The third-order valence-corrected chi connectivity index (χ3v) is 5.01. The third kappa shape index (κ3) is 3.30. The van der Waals surface area contributed by atoms with Crippen molar-refractivity contribution in [1.82, 2.24) is 5.43 Å². The monoisotopic (exact) mass is 374 g/mol. The first-order chi connectivity index (χ1) is 12.0. The molecule has 126 valence electrons. The van der Waals surface area contributed by atoms with E-state index in [0.717, 1.165) is 22.4 Å². The summed E-state index contributed by atoms with van der Waals surface area (Å²) in [5.74, 6) is -1.30. The van der Waals surface area contributed by atoms with Crippen molar-refractivity contribution >= 4 is 50.8 Å². The SMILES string of the molecule is O=C(N/N=C\c1cccc([N+](=O)[O-])c1[O-])c1sc2ccccc2c1Cl. The number of halogens is 1. The van der Waals surface area contributed by atoms with E-state index in [2.05, 4.69) is 10.5 Å². The van der Waals surface area contributed by atoms with Crippen LogP contribution in [0.25, 0.3) is 10.1 Å². The number of nitro groups is 1. The average molecular weight is 375 g/mol. The van der Waals surface area contributed by atoms with E-state index < -0.39 is 22.3 Å². The van der Waals surface area contributed by atoms with Crippen LogP contribution in [0.15, 0.2) is 47.6 Å². The fraction of sp³-hybridized carbons (Fsp3) is 0. The summed E-state index contributed by atoms with van der Waals surface area (Å²) in [6.45, 7) is 0. The van der Waals surface area contributed by atoms with Crippen LogP contribution in [0, 0.1) is 10.1 Å². The number of hydrazone groups is 1. The maximum absolute atomic E-state index is 12.2. The molecule has 7 nitrogen and oxygen atoms in total. The molecule has 3 rings (SSSR count). The van der Waals surface area contributed by atoms with Crippen molar-refractivity contribution < 1.29 is 14.8 Å². The number of fused-ring (bicyclic) bond motifs is 1. The highest BCUT2D eigenvalue weighted by molar-refractivity contribution is 7.21. The van der Waals surface area contributed by atoms with Crippen molar-refractivity contribution in [3.63, 3.8) is 0 Å². The number of thiophene rings is 1. The second kappa shape index (κ2) is 6.88. The number of nitrogens with one attached hydrogen (secondary N) is 1. The van der Waals surface area contributed by atoms with Crippen LogP contribution in [-0.4, -0.2) is 17.0 Å². The maximum Gasteiger partial charge on any atom is 0.283 e. The minimum atomic E-state index is -0.773. The molecule has 0 unspecified atom stereocenters. The lowest BCUT2D eigenvalue weighted by atomic mass is 10.2. The van der Waals surface area contributed by atoms with Crippen LogP contribution in [0.1, 0.15) is 15.2 Å². The number of hydrogen-bond acceptors (Lipinski definition) is 6. The first-order valence-corrected chi connectivity index (χ1v) is 8.13. The van der Waals surface area contributed by atoms with Gasteiger partial charge >= 0.3 is 0 Å². The van der Waals surface area contributed by atoms with Crippen molar-refractivity contribution in [1.29, 1.82) is 0 Å². The molecule has 0 atom stereocenters. The van der Waals surface area contributed by atoms with Crippen LogP contribution in [0.4, 0.5) is 5.69 Å². The fourth-order valence-electron chi connectivity index (χ4n) is 2.16. The Morgan fingerprint density at radius 3 is 2.72 bits per heavy atom. The molecule has 1 heterocycles. The zero-order valence-corrected chi connectivity index (χ0v) is 14.0. The van der Waals surface area contributed by atoms with Gasteiger partial charge in [-0.15, -0.1) is 11.3 Å². The van der Waals surface area contributed by atoms with Gasteiger partial charge in [0.05, 0.1) is 16.2 Å². The Morgan fingerprint density at radius 2 is 2.00 bits per heavy atom. The molecule has 3 aromatic rings. The molecule has 1 amide bonds. The van der Waals surface area contributed by atoms with E-state index in [1.54, 1.807) is 6.07 Å². The molecular weight excluding hydrogens is 366 g/mol. The van der Waals surface area contributed by atoms with Gasteiger partial charge in [-0.25, -0.2) is 5.43 Å². The van der Waals surface area contributed by atoms with Crippen molar-refractivity contribution in [3.8, 4) is 5.75 Å². The summed E-state index contributed by atoms with van der Waals surface area (Å²) < 4.78 is 0.863. The Kier molecular flexibility index (Phi) is 4.64. The van der Waals surface area contributed by atoms with E-state index in [4.69, 9.17) is 11.6 Å². The number of benzene rings is 2. The molecule has 0 fully saturated rings. The van der Waals surface area contributed by atoms with Crippen LogP contribution >= 0.6 is 22.9 Å². The van der Waals surface area contributed by atoms with Gasteiger partial charge in [0.25, 0.3) is 11.6 Å². The van der Waals surface area contributed by atoms with Gasteiger partial charge in [-0.05, 0) is 17.4 Å². The lowest BCUT2D eigenvalue weighted by Gasteiger charge is -2.09. The molecule has 0 aliphatic rings. The van der Waals surface area contributed by atoms with Crippen molar-refractivity contribution in [2.45, 2.75) is 0 Å².